The molecule has 5 nitrogen and oxygen atoms in total. The van der Waals surface area contributed by atoms with E-state index in [0.717, 1.165) is 24.8 Å². The molecule has 1 aliphatic rings. The Kier molecular flexibility index (Phi) is 4.50. The summed E-state index contributed by atoms with van der Waals surface area (Å²) in [5.41, 5.74) is 0. The Hall–Kier alpha value is -0.940. The summed E-state index contributed by atoms with van der Waals surface area (Å²) in [6.07, 6.45) is 5.73. The molecule has 0 radical (unpaired) electrons. The van der Waals surface area contributed by atoms with Gasteiger partial charge in [-0.25, -0.2) is 0 Å². The lowest BCUT2D eigenvalue weighted by Crippen LogP contribution is -2.31. The smallest absolute Gasteiger partial charge is 0.146 e. The number of rotatable bonds is 5. The van der Waals surface area contributed by atoms with Crippen LogP contribution in [0.1, 0.15) is 25.1 Å². The summed E-state index contributed by atoms with van der Waals surface area (Å²) in [5, 5.41) is 11.4. The zero-order valence-corrected chi connectivity index (χ0v) is 10.9. The Bertz CT molecular complexity index is 327. The van der Waals surface area contributed by atoms with E-state index >= 15 is 0 Å². The number of hydrogen-bond acceptors (Lipinski definition) is 4. The van der Waals surface area contributed by atoms with E-state index in [0.29, 0.717) is 0 Å². The Morgan fingerprint density at radius 2 is 2.12 bits per heavy atom. The van der Waals surface area contributed by atoms with Gasteiger partial charge in [0, 0.05) is 7.05 Å². The van der Waals surface area contributed by atoms with Gasteiger partial charge in [0.2, 0.25) is 0 Å². The van der Waals surface area contributed by atoms with Crippen LogP contribution in [0.5, 0.6) is 0 Å². The average molecular weight is 237 g/mol. The SMILES string of the molecule is CN1CCC(CCNCc2nncn2C)CC1. The van der Waals surface area contributed by atoms with E-state index in [1.54, 1.807) is 6.33 Å². The van der Waals surface area contributed by atoms with Crippen molar-refractivity contribution in [1.82, 2.24) is 25.0 Å². The number of nitrogens with one attached hydrogen (secondary N) is 1. The second-order valence-electron chi connectivity index (χ2n) is 5.07. The van der Waals surface area contributed by atoms with Crippen molar-refractivity contribution in [3.8, 4) is 0 Å². The molecule has 0 aromatic carbocycles. The molecule has 0 bridgehead atoms. The third kappa shape index (κ3) is 3.78. The Labute approximate surface area is 103 Å². The van der Waals surface area contributed by atoms with Crippen LogP contribution in [0.4, 0.5) is 0 Å². The number of nitrogens with zero attached hydrogens (tertiary/aromatic N) is 4. The van der Waals surface area contributed by atoms with Crippen LogP contribution in [0, 0.1) is 5.92 Å². The number of aromatic nitrogens is 3. The molecule has 0 atom stereocenters. The summed E-state index contributed by atoms with van der Waals surface area (Å²) < 4.78 is 1.96. The van der Waals surface area contributed by atoms with Crippen LogP contribution in [0.15, 0.2) is 6.33 Å². The lowest BCUT2D eigenvalue weighted by molar-refractivity contribution is 0.211. The fourth-order valence-electron chi connectivity index (χ4n) is 2.32. The first-order valence-corrected chi connectivity index (χ1v) is 6.48. The molecule has 1 N–H and O–H groups in total. The highest BCUT2D eigenvalue weighted by molar-refractivity contribution is 4.83. The fraction of sp³-hybridized carbons (Fsp3) is 0.833. The molecule has 5 heteroatoms. The second kappa shape index (κ2) is 6.12. The molecule has 0 unspecified atom stereocenters. The monoisotopic (exact) mass is 237 g/mol. The molecule has 1 aromatic rings. The van der Waals surface area contributed by atoms with Gasteiger partial charge in [-0.3, -0.25) is 0 Å². The third-order valence-corrected chi connectivity index (χ3v) is 3.66. The van der Waals surface area contributed by atoms with E-state index in [1.165, 1.54) is 32.4 Å². The number of piperidine rings is 1. The van der Waals surface area contributed by atoms with Gasteiger partial charge in [-0.1, -0.05) is 0 Å². The van der Waals surface area contributed by atoms with E-state index < -0.39 is 0 Å². The van der Waals surface area contributed by atoms with Crippen LogP contribution in [0.25, 0.3) is 0 Å². The molecule has 1 aromatic heterocycles. The average Bonchev–Trinajstić information content (AvgIpc) is 2.73. The zero-order chi connectivity index (χ0) is 12.1. The normalized spacial score (nSPS) is 18.7. The summed E-state index contributed by atoms with van der Waals surface area (Å²) in [5.74, 6) is 1.91. The van der Waals surface area contributed by atoms with E-state index in [4.69, 9.17) is 0 Å². The fourth-order valence-corrected chi connectivity index (χ4v) is 2.32. The minimum absolute atomic E-state index is 0.823. The standard InChI is InChI=1S/C12H23N5/c1-16-7-4-11(5-8-16)3-6-13-9-12-15-14-10-17(12)2/h10-11,13H,3-9H2,1-2H3. The van der Waals surface area contributed by atoms with Crippen molar-refractivity contribution < 1.29 is 0 Å². The van der Waals surface area contributed by atoms with E-state index in [9.17, 15) is 0 Å². The van der Waals surface area contributed by atoms with Gasteiger partial charge in [-0.15, -0.1) is 10.2 Å². The van der Waals surface area contributed by atoms with Crippen LogP contribution in [-0.4, -0.2) is 46.3 Å². The van der Waals surface area contributed by atoms with E-state index in [1.807, 2.05) is 11.6 Å². The molecule has 0 amide bonds. The first-order valence-electron chi connectivity index (χ1n) is 6.48. The van der Waals surface area contributed by atoms with Crippen LogP contribution in [0.2, 0.25) is 0 Å². The lowest BCUT2D eigenvalue weighted by atomic mass is 9.94. The topological polar surface area (TPSA) is 46.0 Å². The van der Waals surface area contributed by atoms with E-state index in [2.05, 4.69) is 27.5 Å². The highest BCUT2D eigenvalue weighted by Crippen LogP contribution is 2.18. The van der Waals surface area contributed by atoms with Crippen LogP contribution >= 0.6 is 0 Å². The van der Waals surface area contributed by atoms with Gasteiger partial charge in [0.1, 0.15) is 12.2 Å². The molecular formula is C12H23N5. The van der Waals surface area contributed by atoms with Crippen molar-refractivity contribution in [2.45, 2.75) is 25.8 Å². The number of hydrogen-bond donors (Lipinski definition) is 1. The lowest BCUT2D eigenvalue weighted by Gasteiger charge is -2.28. The van der Waals surface area contributed by atoms with E-state index in [-0.39, 0.29) is 0 Å². The van der Waals surface area contributed by atoms with Gasteiger partial charge in [0.25, 0.3) is 0 Å². The first-order chi connectivity index (χ1) is 8.25. The quantitative estimate of drug-likeness (QED) is 0.763. The molecule has 0 aliphatic carbocycles. The third-order valence-electron chi connectivity index (χ3n) is 3.66. The van der Waals surface area contributed by atoms with Gasteiger partial charge < -0.3 is 14.8 Å². The zero-order valence-electron chi connectivity index (χ0n) is 10.9. The number of aryl methyl sites for hydroxylation is 1. The number of likely N-dealkylation sites (tertiary alicyclic amines) is 1. The first kappa shape index (κ1) is 12.5. The summed E-state index contributed by atoms with van der Waals surface area (Å²) in [6, 6.07) is 0. The molecule has 1 aliphatic heterocycles. The predicted molar refractivity (Wildman–Crippen MR) is 67.5 cm³/mol. The maximum atomic E-state index is 4.05. The molecule has 2 rings (SSSR count). The van der Waals surface area contributed by atoms with Crippen molar-refractivity contribution in [2.24, 2.45) is 13.0 Å². The largest absolute Gasteiger partial charge is 0.320 e. The Morgan fingerprint density at radius 1 is 1.35 bits per heavy atom. The minimum atomic E-state index is 0.823. The highest BCUT2D eigenvalue weighted by Gasteiger charge is 2.15. The van der Waals surface area contributed by atoms with Crippen molar-refractivity contribution in [3.63, 3.8) is 0 Å². The summed E-state index contributed by atoms with van der Waals surface area (Å²) in [6.45, 7) is 4.42. The Morgan fingerprint density at radius 3 is 2.76 bits per heavy atom. The molecule has 1 fully saturated rings. The van der Waals surface area contributed by atoms with Crippen LogP contribution < -0.4 is 5.32 Å². The summed E-state index contributed by atoms with van der Waals surface area (Å²) >= 11 is 0. The highest BCUT2D eigenvalue weighted by atomic mass is 15.3. The van der Waals surface area contributed by atoms with Gasteiger partial charge in [0.15, 0.2) is 0 Å². The molecule has 0 saturated carbocycles. The molecule has 17 heavy (non-hydrogen) atoms. The van der Waals surface area contributed by atoms with Crippen LogP contribution in [-0.2, 0) is 13.6 Å². The maximum absolute atomic E-state index is 4.05. The van der Waals surface area contributed by atoms with Crippen molar-refractivity contribution in [3.05, 3.63) is 12.2 Å². The van der Waals surface area contributed by atoms with Crippen molar-refractivity contribution in [2.75, 3.05) is 26.7 Å². The molecule has 1 saturated heterocycles. The van der Waals surface area contributed by atoms with Gasteiger partial charge in [-0.2, -0.15) is 0 Å². The van der Waals surface area contributed by atoms with Gasteiger partial charge >= 0.3 is 0 Å². The second-order valence-corrected chi connectivity index (χ2v) is 5.07. The van der Waals surface area contributed by atoms with Gasteiger partial charge in [-0.05, 0) is 51.9 Å². The molecule has 2 heterocycles. The van der Waals surface area contributed by atoms with Gasteiger partial charge in [0.05, 0.1) is 6.54 Å². The maximum Gasteiger partial charge on any atom is 0.146 e. The molecular weight excluding hydrogens is 214 g/mol. The molecule has 0 spiro atoms. The molecule has 96 valence electrons. The minimum Gasteiger partial charge on any atom is -0.320 e. The summed E-state index contributed by atoms with van der Waals surface area (Å²) in [4.78, 5) is 2.42. The van der Waals surface area contributed by atoms with Crippen LogP contribution in [0.3, 0.4) is 0 Å². The van der Waals surface area contributed by atoms with Crippen molar-refractivity contribution >= 4 is 0 Å². The predicted octanol–water partition coefficient (Wildman–Crippen LogP) is 0.637. The Balaban J connectivity index is 1.59. The summed E-state index contributed by atoms with van der Waals surface area (Å²) in [7, 11) is 4.19. The van der Waals surface area contributed by atoms with Crippen molar-refractivity contribution in [1.29, 1.82) is 0 Å².